The van der Waals surface area contributed by atoms with Crippen LogP contribution in [-0.4, -0.2) is 24.0 Å². The zero-order chi connectivity index (χ0) is 9.31. The lowest BCUT2D eigenvalue weighted by Gasteiger charge is -2.19. The normalized spacial score (nSPS) is 32.1. The molecule has 0 spiro atoms. The van der Waals surface area contributed by atoms with Gasteiger partial charge in [0.2, 0.25) is 5.91 Å². The Balaban J connectivity index is 1.91. The van der Waals surface area contributed by atoms with Crippen molar-refractivity contribution in [3.63, 3.8) is 0 Å². The van der Waals surface area contributed by atoms with E-state index in [1.807, 2.05) is 0 Å². The fraction of sp³-hybridized carbons (Fsp3) is 0.900. The molecular formula is C10H18N2O. The van der Waals surface area contributed by atoms with Crippen molar-refractivity contribution in [1.29, 1.82) is 0 Å². The van der Waals surface area contributed by atoms with Gasteiger partial charge < -0.3 is 10.6 Å². The monoisotopic (exact) mass is 182 g/mol. The average Bonchev–Trinajstić information content (AvgIpc) is 2.82. The Morgan fingerprint density at radius 2 is 2.23 bits per heavy atom. The third kappa shape index (κ3) is 2.21. The third-order valence-corrected chi connectivity index (χ3v) is 3.06. The molecule has 1 atom stereocenters. The Morgan fingerprint density at radius 3 is 2.92 bits per heavy atom. The summed E-state index contributed by atoms with van der Waals surface area (Å²) < 4.78 is 0. The minimum Gasteiger partial charge on any atom is -0.355 e. The van der Waals surface area contributed by atoms with Gasteiger partial charge >= 0.3 is 0 Å². The summed E-state index contributed by atoms with van der Waals surface area (Å²) in [4.78, 5) is 11.5. The predicted octanol–water partition coefficient (Wildman–Crippen LogP) is 0.797. The number of hydrogen-bond donors (Lipinski definition) is 2. The lowest BCUT2D eigenvalue weighted by atomic mass is 10.1. The largest absolute Gasteiger partial charge is 0.355 e. The number of carbonyl (C=O) groups excluding carboxylic acids is 1. The Labute approximate surface area is 79.3 Å². The Bertz CT molecular complexity index is 211. The van der Waals surface area contributed by atoms with Crippen LogP contribution in [0.1, 0.15) is 39.0 Å². The zero-order valence-corrected chi connectivity index (χ0v) is 8.23. The molecule has 2 fully saturated rings. The van der Waals surface area contributed by atoms with Crippen LogP contribution in [0.5, 0.6) is 0 Å². The summed E-state index contributed by atoms with van der Waals surface area (Å²) in [5.41, 5.74) is 0.270. The number of rotatable bonds is 2. The van der Waals surface area contributed by atoms with Crippen molar-refractivity contribution >= 4 is 5.91 Å². The highest BCUT2D eigenvalue weighted by Crippen LogP contribution is 2.35. The lowest BCUT2D eigenvalue weighted by molar-refractivity contribution is -0.123. The summed E-state index contributed by atoms with van der Waals surface area (Å²) in [6, 6.07) is 0.0648. The van der Waals surface area contributed by atoms with E-state index in [4.69, 9.17) is 0 Å². The first-order valence-corrected chi connectivity index (χ1v) is 5.25. The maximum Gasteiger partial charge on any atom is 0.237 e. The summed E-state index contributed by atoms with van der Waals surface area (Å²) >= 11 is 0. The second kappa shape index (κ2) is 3.29. The van der Waals surface area contributed by atoms with Crippen LogP contribution < -0.4 is 10.6 Å². The molecule has 0 aromatic heterocycles. The smallest absolute Gasteiger partial charge is 0.237 e. The third-order valence-electron chi connectivity index (χ3n) is 3.06. The molecule has 2 rings (SSSR count). The molecule has 3 nitrogen and oxygen atoms in total. The topological polar surface area (TPSA) is 41.1 Å². The molecule has 1 unspecified atom stereocenters. The highest BCUT2D eigenvalue weighted by molar-refractivity contribution is 5.82. The first-order valence-electron chi connectivity index (χ1n) is 5.25. The molecule has 2 N–H and O–H groups in total. The van der Waals surface area contributed by atoms with Crippen LogP contribution in [-0.2, 0) is 4.79 Å². The van der Waals surface area contributed by atoms with E-state index >= 15 is 0 Å². The fourth-order valence-electron chi connectivity index (χ4n) is 1.83. The van der Waals surface area contributed by atoms with Crippen LogP contribution >= 0.6 is 0 Å². The van der Waals surface area contributed by atoms with Crippen molar-refractivity contribution in [2.24, 2.45) is 0 Å². The van der Waals surface area contributed by atoms with Gasteiger partial charge in [0.25, 0.3) is 0 Å². The predicted molar refractivity (Wildman–Crippen MR) is 51.4 cm³/mol. The number of carbonyl (C=O) groups is 1. The molecule has 1 amide bonds. The second-order valence-corrected chi connectivity index (χ2v) is 4.54. The van der Waals surface area contributed by atoms with Crippen molar-refractivity contribution in [3.05, 3.63) is 0 Å². The van der Waals surface area contributed by atoms with Crippen molar-refractivity contribution in [1.82, 2.24) is 10.6 Å². The van der Waals surface area contributed by atoms with E-state index in [1.54, 1.807) is 0 Å². The first kappa shape index (κ1) is 9.00. The van der Waals surface area contributed by atoms with E-state index in [2.05, 4.69) is 17.6 Å². The van der Waals surface area contributed by atoms with Crippen molar-refractivity contribution in [2.75, 3.05) is 6.54 Å². The van der Waals surface area contributed by atoms with E-state index in [0.29, 0.717) is 0 Å². The SMILES string of the molecule is CC1(NC2CCCCNC2=O)CC1. The van der Waals surface area contributed by atoms with E-state index < -0.39 is 0 Å². The Morgan fingerprint density at radius 1 is 1.46 bits per heavy atom. The molecule has 2 aliphatic rings. The number of nitrogens with one attached hydrogen (secondary N) is 2. The van der Waals surface area contributed by atoms with Gasteiger partial charge in [0.05, 0.1) is 6.04 Å². The summed E-state index contributed by atoms with van der Waals surface area (Å²) in [6.45, 7) is 3.05. The summed E-state index contributed by atoms with van der Waals surface area (Å²) in [7, 11) is 0. The molecule has 0 aromatic carbocycles. The second-order valence-electron chi connectivity index (χ2n) is 4.54. The van der Waals surface area contributed by atoms with E-state index in [1.165, 1.54) is 12.8 Å². The number of hydrogen-bond acceptors (Lipinski definition) is 2. The minimum atomic E-state index is 0.0648. The highest BCUT2D eigenvalue weighted by atomic mass is 16.2. The quantitative estimate of drug-likeness (QED) is 0.663. The molecule has 0 bridgehead atoms. The van der Waals surface area contributed by atoms with Crippen LogP contribution in [0.25, 0.3) is 0 Å². The van der Waals surface area contributed by atoms with Gasteiger partial charge in [-0.25, -0.2) is 0 Å². The molecule has 1 saturated heterocycles. The maximum absolute atomic E-state index is 11.5. The Kier molecular flexibility index (Phi) is 2.28. The van der Waals surface area contributed by atoms with Crippen LogP contribution in [0, 0.1) is 0 Å². The van der Waals surface area contributed by atoms with Gasteiger partial charge in [-0.2, -0.15) is 0 Å². The summed E-state index contributed by atoms with van der Waals surface area (Å²) in [6.07, 6.45) is 5.72. The molecular weight excluding hydrogens is 164 g/mol. The Hall–Kier alpha value is -0.570. The molecule has 0 aromatic rings. The van der Waals surface area contributed by atoms with Crippen molar-refractivity contribution < 1.29 is 4.79 Å². The van der Waals surface area contributed by atoms with Crippen molar-refractivity contribution in [2.45, 2.75) is 50.6 Å². The molecule has 1 aliphatic heterocycles. The highest BCUT2D eigenvalue weighted by Gasteiger charge is 2.40. The first-order chi connectivity index (χ1) is 6.20. The molecule has 1 aliphatic carbocycles. The molecule has 0 radical (unpaired) electrons. The molecule has 74 valence electrons. The summed E-state index contributed by atoms with van der Waals surface area (Å²) in [5, 5.41) is 6.39. The standard InChI is InChI=1S/C10H18N2O/c1-10(5-6-10)12-8-4-2-3-7-11-9(8)13/h8,12H,2-7H2,1H3,(H,11,13). The van der Waals surface area contributed by atoms with Gasteiger partial charge in [-0.15, -0.1) is 0 Å². The van der Waals surface area contributed by atoms with Gasteiger partial charge in [0.1, 0.15) is 0 Å². The van der Waals surface area contributed by atoms with Gasteiger partial charge in [-0.3, -0.25) is 4.79 Å². The van der Waals surface area contributed by atoms with Gasteiger partial charge in [0, 0.05) is 12.1 Å². The molecule has 3 heteroatoms. The van der Waals surface area contributed by atoms with E-state index in [0.717, 1.165) is 25.8 Å². The van der Waals surface area contributed by atoms with Gasteiger partial charge in [-0.1, -0.05) is 0 Å². The van der Waals surface area contributed by atoms with Crippen LogP contribution in [0.3, 0.4) is 0 Å². The summed E-state index contributed by atoms with van der Waals surface area (Å²) in [5.74, 6) is 0.200. The molecule has 1 heterocycles. The van der Waals surface area contributed by atoms with E-state index in [9.17, 15) is 4.79 Å². The molecule has 13 heavy (non-hydrogen) atoms. The average molecular weight is 182 g/mol. The van der Waals surface area contributed by atoms with Crippen LogP contribution in [0.2, 0.25) is 0 Å². The number of amides is 1. The minimum absolute atomic E-state index is 0.0648. The van der Waals surface area contributed by atoms with Crippen LogP contribution in [0.4, 0.5) is 0 Å². The van der Waals surface area contributed by atoms with Crippen LogP contribution in [0.15, 0.2) is 0 Å². The van der Waals surface area contributed by atoms with Gasteiger partial charge in [-0.05, 0) is 39.0 Å². The maximum atomic E-state index is 11.5. The fourth-order valence-corrected chi connectivity index (χ4v) is 1.83. The van der Waals surface area contributed by atoms with Gasteiger partial charge in [0.15, 0.2) is 0 Å². The van der Waals surface area contributed by atoms with Crippen molar-refractivity contribution in [3.8, 4) is 0 Å². The zero-order valence-electron chi connectivity index (χ0n) is 8.23. The molecule has 1 saturated carbocycles. The lowest BCUT2D eigenvalue weighted by Crippen LogP contribution is -2.47. The van der Waals surface area contributed by atoms with E-state index in [-0.39, 0.29) is 17.5 Å².